The van der Waals surface area contributed by atoms with E-state index in [1.54, 1.807) is 20.8 Å². The van der Waals surface area contributed by atoms with Crippen molar-refractivity contribution in [1.29, 1.82) is 0 Å². The van der Waals surface area contributed by atoms with Gasteiger partial charge >= 0.3 is 18.4 Å². The van der Waals surface area contributed by atoms with E-state index in [2.05, 4.69) is 12.6 Å². The molecule has 140 valence electrons. The van der Waals surface area contributed by atoms with E-state index in [-0.39, 0.29) is 11.4 Å². The quantitative estimate of drug-likeness (QED) is 0.487. The SMILES string of the molecule is [B]C1CN(C(C)(C)C)C([B])([B])C([B])N1C(=O)OC([B])(C(F)(F)F)C(F)(F)F. The Bertz CT molecular complexity index is 566. The van der Waals surface area contributed by atoms with E-state index in [1.165, 1.54) is 4.90 Å². The van der Waals surface area contributed by atoms with Gasteiger partial charge in [0.25, 0.3) is 5.50 Å². The van der Waals surface area contributed by atoms with Gasteiger partial charge in [-0.1, -0.05) is 0 Å². The van der Waals surface area contributed by atoms with Crippen LogP contribution in [-0.4, -0.2) is 102 Å². The van der Waals surface area contributed by atoms with Gasteiger partial charge in [0.05, 0.1) is 23.5 Å². The fraction of sp³-hybridized carbons (Fsp3) is 0.917. The van der Waals surface area contributed by atoms with Gasteiger partial charge in [0.15, 0.2) is 7.85 Å². The third-order valence-corrected chi connectivity index (χ3v) is 4.08. The second kappa shape index (κ2) is 6.88. The lowest BCUT2D eigenvalue weighted by molar-refractivity contribution is -0.331. The number of carbonyl (C=O) groups is 1. The molecule has 2 atom stereocenters. The molecule has 0 saturated carbocycles. The van der Waals surface area contributed by atoms with Crippen LogP contribution < -0.4 is 0 Å². The third kappa shape index (κ3) is 4.27. The summed E-state index contributed by atoms with van der Waals surface area (Å²) in [7, 11) is 27.5. The summed E-state index contributed by atoms with van der Waals surface area (Å²) in [4.78, 5) is 13.7. The molecule has 2 unspecified atom stereocenters. The van der Waals surface area contributed by atoms with E-state index >= 15 is 0 Å². The Kier molecular flexibility index (Phi) is 6.16. The molecule has 0 aliphatic carbocycles. The first-order valence-electron chi connectivity index (χ1n) is 7.48. The molecule has 0 aromatic rings. The van der Waals surface area contributed by atoms with Crippen LogP contribution in [0.1, 0.15) is 20.8 Å². The molecule has 10 radical (unpaired) electrons. The number of hydrogen-bond acceptors (Lipinski definition) is 3. The molecule has 0 spiro atoms. The Morgan fingerprint density at radius 3 is 1.78 bits per heavy atom. The highest BCUT2D eigenvalue weighted by atomic mass is 19.4. The van der Waals surface area contributed by atoms with Crippen molar-refractivity contribution in [2.75, 3.05) is 6.54 Å². The van der Waals surface area contributed by atoms with Crippen molar-refractivity contribution < 1.29 is 35.9 Å². The average Bonchev–Trinajstić information content (AvgIpc) is 2.39. The first kappa shape index (κ1) is 24.2. The van der Waals surface area contributed by atoms with Gasteiger partial charge < -0.3 is 14.5 Å². The van der Waals surface area contributed by atoms with Gasteiger partial charge in [-0.25, -0.2) is 4.79 Å². The number of hydrogen-bond donors (Lipinski definition) is 0. The minimum absolute atomic E-state index is 0.196. The highest BCUT2D eigenvalue weighted by molar-refractivity contribution is 6.44. The molecular formula is C12H13B5F6N2O2. The maximum absolute atomic E-state index is 12.8. The molecule has 15 heteroatoms. The minimum atomic E-state index is -6.16. The van der Waals surface area contributed by atoms with Gasteiger partial charge in [0.1, 0.15) is 7.85 Å². The number of amides is 1. The average molecular weight is 385 g/mol. The van der Waals surface area contributed by atoms with Gasteiger partial charge in [-0.3, -0.25) is 0 Å². The molecule has 1 amide bonds. The van der Waals surface area contributed by atoms with E-state index < -0.39 is 46.7 Å². The molecule has 0 aromatic heterocycles. The van der Waals surface area contributed by atoms with Crippen LogP contribution in [0.2, 0.25) is 0 Å². The third-order valence-electron chi connectivity index (χ3n) is 4.08. The van der Waals surface area contributed by atoms with Crippen molar-refractivity contribution in [2.45, 2.75) is 61.4 Å². The van der Waals surface area contributed by atoms with Crippen LogP contribution in [0.15, 0.2) is 0 Å². The molecule has 1 aliphatic rings. The van der Waals surface area contributed by atoms with E-state index in [1.807, 2.05) is 0 Å². The lowest BCUT2D eigenvalue weighted by Gasteiger charge is -2.60. The zero-order chi connectivity index (χ0) is 21.8. The lowest BCUT2D eigenvalue weighted by atomic mass is 9.48. The molecule has 1 heterocycles. The second-order valence-electron chi connectivity index (χ2n) is 7.19. The van der Waals surface area contributed by atoms with Crippen molar-refractivity contribution in [1.82, 2.24) is 9.80 Å². The molecular weight excluding hydrogens is 372 g/mol. The smallest absolute Gasteiger partial charge is 0.427 e. The van der Waals surface area contributed by atoms with E-state index in [4.69, 9.17) is 31.4 Å². The molecule has 1 rings (SSSR count). The summed E-state index contributed by atoms with van der Waals surface area (Å²) in [5.41, 5.74) is -6.02. The molecule has 27 heavy (non-hydrogen) atoms. The molecule has 0 aromatic carbocycles. The maximum Gasteiger partial charge on any atom is 0.427 e. The van der Waals surface area contributed by atoms with Gasteiger partial charge in [-0.05, 0) is 32.1 Å². The predicted molar refractivity (Wildman–Crippen MR) is 88.7 cm³/mol. The fourth-order valence-corrected chi connectivity index (χ4v) is 2.59. The number of ether oxygens (including phenoxy) is 1. The molecule has 1 aliphatic heterocycles. The molecule has 0 bridgehead atoms. The number of nitrogens with zero attached hydrogens (tertiary/aromatic N) is 2. The first-order chi connectivity index (χ1) is 11.7. The largest absolute Gasteiger partial charge is 0.434 e. The highest BCUT2D eigenvalue weighted by Crippen LogP contribution is 2.44. The second-order valence-corrected chi connectivity index (χ2v) is 7.19. The first-order valence-corrected chi connectivity index (χ1v) is 7.48. The van der Waals surface area contributed by atoms with Crippen LogP contribution in [0.25, 0.3) is 0 Å². The Hall–Kier alpha value is -0.865. The number of rotatable bonds is 1. The van der Waals surface area contributed by atoms with Crippen LogP contribution in [-0.2, 0) is 4.74 Å². The van der Waals surface area contributed by atoms with Crippen molar-refractivity contribution >= 4 is 45.3 Å². The Morgan fingerprint density at radius 2 is 1.44 bits per heavy atom. The van der Waals surface area contributed by atoms with E-state index in [0.717, 1.165) is 0 Å². The molecule has 1 fully saturated rings. The normalized spacial score (nSPS) is 25.3. The van der Waals surface area contributed by atoms with Gasteiger partial charge in [-0.2, -0.15) is 26.3 Å². The minimum Gasteiger partial charge on any atom is -0.434 e. The number of alkyl halides is 6. The number of carbonyl (C=O) groups excluding carboxylic acids is 1. The van der Waals surface area contributed by atoms with Crippen molar-refractivity contribution in [3.63, 3.8) is 0 Å². The van der Waals surface area contributed by atoms with Crippen molar-refractivity contribution in [3.05, 3.63) is 0 Å². The molecule has 1 saturated heterocycles. The summed E-state index contributed by atoms with van der Waals surface area (Å²) in [6, 6.07) is 0. The summed E-state index contributed by atoms with van der Waals surface area (Å²) in [6.45, 7) is 4.67. The standard InChI is InChI=1S/C12H13B5F6N2O2/c1-8(2,3)24-4-5(13)25(6(14)9(24,15)16)7(26)27-10(17,11(18,19)20)12(21,22)23/h5-6H,4H2,1-3H3. The maximum atomic E-state index is 12.8. The molecule has 0 N–H and O–H groups in total. The topological polar surface area (TPSA) is 32.8 Å². The Balaban J connectivity index is 3.25. The predicted octanol–water partition coefficient (Wildman–Crippen LogP) is 0.508. The monoisotopic (exact) mass is 386 g/mol. The van der Waals surface area contributed by atoms with Crippen LogP contribution in [0.5, 0.6) is 0 Å². The van der Waals surface area contributed by atoms with E-state index in [9.17, 15) is 31.1 Å². The summed E-state index contributed by atoms with van der Waals surface area (Å²) in [6.07, 6.45) is -14.5. The summed E-state index contributed by atoms with van der Waals surface area (Å²) < 4.78 is 80.6. The zero-order valence-electron chi connectivity index (χ0n) is 14.7. The van der Waals surface area contributed by atoms with Crippen LogP contribution in [0.4, 0.5) is 31.1 Å². The number of halogens is 6. The van der Waals surface area contributed by atoms with Crippen LogP contribution >= 0.6 is 0 Å². The van der Waals surface area contributed by atoms with Crippen molar-refractivity contribution in [3.8, 4) is 0 Å². The lowest BCUT2D eigenvalue weighted by Crippen LogP contribution is -2.77. The zero-order valence-corrected chi connectivity index (χ0v) is 14.7. The fourth-order valence-electron chi connectivity index (χ4n) is 2.59. The Morgan fingerprint density at radius 1 is 1.04 bits per heavy atom. The van der Waals surface area contributed by atoms with Gasteiger partial charge in [0.2, 0.25) is 0 Å². The highest BCUT2D eigenvalue weighted by Gasteiger charge is 2.70. The summed E-state index contributed by atoms with van der Waals surface area (Å²) in [5, 5.41) is -2.04. The van der Waals surface area contributed by atoms with E-state index in [0.29, 0.717) is 0 Å². The Labute approximate surface area is 159 Å². The number of piperazine rings is 1. The summed E-state index contributed by atoms with van der Waals surface area (Å²) in [5.74, 6) is -3.28. The van der Waals surface area contributed by atoms with Crippen LogP contribution in [0.3, 0.4) is 0 Å². The van der Waals surface area contributed by atoms with Crippen molar-refractivity contribution in [2.24, 2.45) is 0 Å². The summed E-state index contributed by atoms with van der Waals surface area (Å²) >= 11 is 0. The van der Waals surface area contributed by atoms with Crippen LogP contribution in [0, 0.1) is 0 Å². The van der Waals surface area contributed by atoms with Gasteiger partial charge in [-0.15, -0.1) is 0 Å². The van der Waals surface area contributed by atoms with Gasteiger partial charge in [0, 0.05) is 18.0 Å². The molecule has 4 nitrogen and oxygen atoms in total.